The highest BCUT2D eigenvalue weighted by Gasteiger charge is 2.22. The van der Waals surface area contributed by atoms with Gasteiger partial charge in [0.05, 0.1) is 0 Å². The van der Waals surface area contributed by atoms with Gasteiger partial charge >= 0.3 is 0 Å². The second-order valence-electron chi connectivity index (χ2n) is 4.27. The Hall–Kier alpha value is -0.590. The fourth-order valence-electron chi connectivity index (χ4n) is 2.11. The zero-order valence-electron chi connectivity index (χ0n) is 9.47. The van der Waals surface area contributed by atoms with Gasteiger partial charge in [0, 0.05) is 21.8 Å². The maximum atomic E-state index is 8.64. The summed E-state index contributed by atoms with van der Waals surface area (Å²) in [5.41, 5.74) is 5.63. The lowest BCUT2D eigenvalue weighted by Crippen LogP contribution is -2.38. The molecule has 0 unspecified atom stereocenters. The van der Waals surface area contributed by atoms with Gasteiger partial charge in [-0.3, -0.25) is 4.90 Å². The molecule has 1 aliphatic heterocycles. The van der Waals surface area contributed by atoms with Gasteiger partial charge in [-0.25, -0.2) is 0 Å². The predicted octanol–water partition coefficient (Wildman–Crippen LogP) is 2.47. The molecule has 2 heterocycles. The van der Waals surface area contributed by atoms with Gasteiger partial charge in [-0.2, -0.15) is 0 Å². The van der Waals surface area contributed by atoms with Gasteiger partial charge in [0.1, 0.15) is 5.84 Å². The Morgan fingerprint density at radius 1 is 1.59 bits per heavy atom. The van der Waals surface area contributed by atoms with Crippen LogP contribution in [0.3, 0.4) is 0 Å². The van der Waals surface area contributed by atoms with Crippen LogP contribution in [0.1, 0.15) is 17.7 Å². The van der Waals surface area contributed by atoms with Crippen LogP contribution < -0.4 is 5.73 Å². The first-order valence-electron chi connectivity index (χ1n) is 5.62. The van der Waals surface area contributed by atoms with Gasteiger partial charge in [0.2, 0.25) is 0 Å². The highest BCUT2D eigenvalue weighted by Crippen LogP contribution is 2.26. The molecule has 0 aliphatic carbocycles. The first-order chi connectivity index (χ1) is 8.20. The molecule has 0 spiro atoms. The molecule has 0 amide bonds. The van der Waals surface area contributed by atoms with Crippen LogP contribution in [0.15, 0.2) is 21.1 Å². The minimum absolute atomic E-state index is 0.239. The SMILES string of the molecule is NC(=NO)C1CCN(Cc2sccc2Br)CC1. The number of halogens is 1. The van der Waals surface area contributed by atoms with E-state index in [9.17, 15) is 0 Å². The third-order valence-corrected chi connectivity index (χ3v) is 5.09. The molecule has 2 rings (SSSR count). The van der Waals surface area contributed by atoms with E-state index >= 15 is 0 Å². The van der Waals surface area contributed by atoms with Gasteiger partial charge in [-0.1, -0.05) is 5.16 Å². The normalized spacial score (nSPS) is 19.7. The molecule has 0 aromatic carbocycles. The van der Waals surface area contributed by atoms with Crippen molar-refractivity contribution < 1.29 is 5.21 Å². The number of piperidine rings is 1. The number of hydrogen-bond donors (Lipinski definition) is 2. The molecule has 1 fully saturated rings. The molecular formula is C11H16BrN3OS. The van der Waals surface area contributed by atoms with Crippen LogP contribution in [0.4, 0.5) is 0 Å². The quantitative estimate of drug-likeness (QED) is 0.389. The number of hydrogen-bond acceptors (Lipinski definition) is 4. The van der Waals surface area contributed by atoms with E-state index in [-0.39, 0.29) is 5.92 Å². The van der Waals surface area contributed by atoms with Crippen molar-refractivity contribution in [3.8, 4) is 0 Å². The molecule has 1 aliphatic rings. The molecule has 1 aromatic heterocycles. The van der Waals surface area contributed by atoms with E-state index in [4.69, 9.17) is 10.9 Å². The van der Waals surface area contributed by atoms with Gasteiger partial charge in [0.15, 0.2) is 0 Å². The number of thiophene rings is 1. The molecular weight excluding hydrogens is 302 g/mol. The van der Waals surface area contributed by atoms with Crippen molar-refractivity contribution in [3.05, 3.63) is 20.8 Å². The van der Waals surface area contributed by atoms with Crippen molar-refractivity contribution in [2.45, 2.75) is 19.4 Å². The van der Waals surface area contributed by atoms with E-state index in [0.29, 0.717) is 5.84 Å². The summed E-state index contributed by atoms with van der Waals surface area (Å²) in [6.45, 7) is 3.00. The van der Waals surface area contributed by atoms with Crippen molar-refractivity contribution >= 4 is 33.1 Å². The Balaban J connectivity index is 1.86. The fraction of sp³-hybridized carbons (Fsp3) is 0.545. The first kappa shape index (κ1) is 12.9. The van der Waals surface area contributed by atoms with E-state index in [1.54, 1.807) is 11.3 Å². The fourth-order valence-corrected chi connectivity index (χ4v) is 3.63. The van der Waals surface area contributed by atoms with Crippen molar-refractivity contribution in [2.24, 2.45) is 16.8 Å². The summed E-state index contributed by atoms with van der Waals surface area (Å²) >= 11 is 5.33. The highest BCUT2D eigenvalue weighted by atomic mass is 79.9. The summed E-state index contributed by atoms with van der Waals surface area (Å²) in [6.07, 6.45) is 1.94. The summed E-state index contributed by atoms with van der Waals surface area (Å²) in [4.78, 5) is 3.78. The van der Waals surface area contributed by atoms with Crippen molar-refractivity contribution in [2.75, 3.05) is 13.1 Å². The largest absolute Gasteiger partial charge is 0.409 e. The lowest BCUT2D eigenvalue weighted by atomic mass is 9.96. The molecule has 0 saturated carbocycles. The molecule has 0 radical (unpaired) electrons. The number of nitrogens with two attached hydrogens (primary N) is 1. The molecule has 0 atom stereocenters. The smallest absolute Gasteiger partial charge is 0.142 e. The zero-order valence-corrected chi connectivity index (χ0v) is 11.9. The average Bonchev–Trinajstić information content (AvgIpc) is 2.75. The number of rotatable bonds is 3. The van der Waals surface area contributed by atoms with E-state index in [1.807, 2.05) is 0 Å². The first-order valence-corrected chi connectivity index (χ1v) is 7.29. The number of oxime groups is 1. The Morgan fingerprint density at radius 2 is 2.29 bits per heavy atom. The lowest BCUT2D eigenvalue weighted by molar-refractivity contribution is 0.200. The van der Waals surface area contributed by atoms with E-state index < -0.39 is 0 Å². The Labute approximate surface area is 113 Å². The number of likely N-dealkylation sites (tertiary alicyclic amines) is 1. The topological polar surface area (TPSA) is 61.9 Å². The Kier molecular flexibility index (Phi) is 4.42. The lowest BCUT2D eigenvalue weighted by Gasteiger charge is -2.30. The van der Waals surface area contributed by atoms with Crippen LogP contribution >= 0.6 is 27.3 Å². The van der Waals surface area contributed by atoms with Gasteiger partial charge in [-0.05, 0) is 53.3 Å². The summed E-state index contributed by atoms with van der Waals surface area (Å²) in [5, 5.41) is 13.8. The molecule has 0 bridgehead atoms. The summed E-state index contributed by atoms with van der Waals surface area (Å²) in [5.74, 6) is 0.616. The zero-order chi connectivity index (χ0) is 12.3. The second kappa shape index (κ2) is 5.84. The van der Waals surface area contributed by atoms with Crippen LogP contribution in [0.25, 0.3) is 0 Å². The minimum Gasteiger partial charge on any atom is -0.409 e. The van der Waals surface area contributed by atoms with Crippen LogP contribution in [0.2, 0.25) is 0 Å². The molecule has 4 nitrogen and oxygen atoms in total. The van der Waals surface area contributed by atoms with Crippen LogP contribution in [0, 0.1) is 5.92 Å². The van der Waals surface area contributed by atoms with Crippen LogP contribution in [0.5, 0.6) is 0 Å². The van der Waals surface area contributed by atoms with Crippen molar-refractivity contribution in [1.82, 2.24) is 4.90 Å². The molecule has 17 heavy (non-hydrogen) atoms. The van der Waals surface area contributed by atoms with Crippen molar-refractivity contribution in [1.29, 1.82) is 0 Å². The molecule has 6 heteroatoms. The minimum atomic E-state index is 0.239. The van der Waals surface area contributed by atoms with E-state index in [0.717, 1.165) is 32.5 Å². The second-order valence-corrected chi connectivity index (χ2v) is 6.12. The highest BCUT2D eigenvalue weighted by molar-refractivity contribution is 9.10. The number of amidine groups is 1. The third-order valence-electron chi connectivity index (χ3n) is 3.18. The Morgan fingerprint density at radius 3 is 2.82 bits per heavy atom. The van der Waals surface area contributed by atoms with Crippen LogP contribution in [-0.2, 0) is 6.54 Å². The predicted molar refractivity (Wildman–Crippen MR) is 73.4 cm³/mol. The molecule has 1 saturated heterocycles. The average molecular weight is 318 g/mol. The molecule has 1 aromatic rings. The number of nitrogens with zero attached hydrogens (tertiary/aromatic N) is 2. The molecule has 94 valence electrons. The monoisotopic (exact) mass is 317 g/mol. The maximum absolute atomic E-state index is 8.64. The standard InChI is InChI=1S/C11H16BrN3OS/c12-9-3-6-17-10(9)7-15-4-1-8(2-5-15)11(13)14-16/h3,6,8,16H,1-2,4-5,7H2,(H2,13,14). The van der Waals surface area contributed by atoms with E-state index in [1.165, 1.54) is 9.35 Å². The Bertz CT molecular complexity index is 399. The third kappa shape index (κ3) is 3.20. The van der Waals surface area contributed by atoms with Gasteiger partial charge in [-0.15, -0.1) is 11.3 Å². The summed E-state index contributed by atoms with van der Waals surface area (Å²) in [7, 11) is 0. The summed E-state index contributed by atoms with van der Waals surface area (Å²) < 4.78 is 1.20. The van der Waals surface area contributed by atoms with Gasteiger partial charge < -0.3 is 10.9 Å². The van der Waals surface area contributed by atoms with Crippen LogP contribution in [-0.4, -0.2) is 29.0 Å². The molecule has 3 N–H and O–H groups in total. The maximum Gasteiger partial charge on any atom is 0.142 e. The van der Waals surface area contributed by atoms with Gasteiger partial charge in [0.25, 0.3) is 0 Å². The van der Waals surface area contributed by atoms with E-state index in [2.05, 4.69) is 37.4 Å². The summed E-state index contributed by atoms with van der Waals surface area (Å²) in [6, 6.07) is 2.09. The van der Waals surface area contributed by atoms with Crippen molar-refractivity contribution in [3.63, 3.8) is 0 Å².